The molecule has 1 saturated carbocycles. The Morgan fingerprint density at radius 1 is 0.767 bits per heavy atom. The Morgan fingerprint density at radius 2 is 1.38 bits per heavy atom. The Morgan fingerprint density at radius 3 is 2.07 bits per heavy atom. The van der Waals surface area contributed by atoms with Gasteiger partial charge < -0.3 is 34.8 Å². The summed E-state index contributed by atoms with van der Waals surface area (Å²) in [6, 6.07) is 0. The molecule has 0 saturated heterocycles. The summed E-state index contributed by atoms with van der Waals surface area (Å²) in [6.07, 6.45) is 33.8. The molecule has 0 aromatic heterocycles. The van der Waals surface area contributed by atoms with Crippen LogP contribution < -0.4 is 0 Å². The summed E-state index contributed by atoms with van der Waals surface area (Å²) < 4.78 is 32.6. The van der Waals surface area contributed by atoms with Gasteiger partial charge in [-0.1, -0.05) is 119 Å². The number of rotatable bonds is 36. The first-order chi connectivity index (χ1) is 28.9. The smallest absolute Gasteiger partial charge is 0.462 e. The number of ketones is 1. The number of allylic oxidation sites excluding steroid dienone is 11. The number of ether oxygens (including phenoxy) is 2. The first kappa shape index (κ1) is 55.0. The van der Waals surface area contributed by atoms with E-state index >= 15 is 0 Å². The number of aliphatic hydroxyl groups excluding tert-OH is 4. The Bertz CT molecular complexity index is 1390. The Balaban J connectivity index is 2.49. The topological polar surface area (TPSA) is 206 Å². The molecule has 13 nitrogen and oxygen atoms in total. The van der Waals surface area contributed by atoms with E-state index in [9.17, 15) is 39.2 Å². The number of hydrogen-bond donors (Lipinski definition) is 5. The van der Waals surface area contributed by atoms with Crippen LogP contribution in [0.25, 0.3) is 0 Å². The number of Topliss-reactive ketones (excluding diaryl/α,β-unsaturated/α-hetero) is 1. The van der Waals surface area contributed by atoms with Crippen molar-refractivity contribution in [2.75, 3.05) is 26.4 Å². The van der Waals surface area contributed by atoms with Crippen LogP contribution in [-0.2, 0) is 37.5 Å². The van der Waals surface area contributed by atoms with Gasteiger partial charge in [0.15, 0.2) is 6.10 Å². The van der Waals surface area contributed by atoms with E-state index in [0.29, 0.717) is 32.1 Å². The molecule has 1 unspecified atom stereocenters. The van der Waals surface area contributed by atoms with E-state index in [2.05, 4.69) is 67.0 Å². The van der Waals surface area contributed by atoms with E-state index in [1.54, 1.807) is 12.2 Å². The van der Waals surface area contributed by atoms with E-state index in [-0.39, 0.29) is 31.0 Å². The fourth-order valence-corrected chi connectivity index (χ4v) is 7.05. The van der Waals surface area contributed by atoms with E-state index in [0.717, 1.165) is 70.6 Å². The molecule has 0 aromatic rings. The highest BCUT2D eigenvalue weighted by atomic mass is 31.2. The second-order valence-electron chi connectivity index (χ2n) is 15.1. The van der Waals surface area contributed by atoms with Crippen molar-refractivity contribution < 1.29 is 62.8 Å². The minimum absolute atomic E-state index is 0.0409. The van der Waals surface area contributed by atoms with Crippen molar-refractivity contribution in [3.05, 3.63) is 72.9 Å². The Kier molecular flexibility index (Phi) is 32.6. The van der Waals surface area contributed by atoms with Crippen LogP contribution in [0.4, 0.5) is 0 Å². The van der Waals surface area contributed by atoms with Gasteiger partial charge in [-0.15, -0.1) is 0 Å². The van der Waals surface area contributed by atoms with Crippen molar-refractivity contribution in [1.29, 1.82) is 0 Å². The van der Waals surface area contributed by atoms with Crippen molar-refractivity contribution in [2.45, 2.75) is 160 Å². The molecule has 0 amide bonds. The van der Waals surface area contributed by atoms with E-state index in [1.165, 1.54) is 0 Å². The molecule has 0 aromatic carbocycles. The maximum Gasteiger partial charge on any atom is 0.472 e. The summed E-state index contributed by atoms with van der Waals surface area (Å²) in [5, 5.41) is 39.1. The van der Waals surface area contributed by atoms with Crippen LogP contribution in [0.2, 0.25) is 0 Å². The lowest BCUT2D eigenvalue weighted by molar-refractivity contribution is -0.161. The molecule has 0 spiro atoms. The highest BCUT2D eigenvalue weighted by Gasteiger charge is 2.39. The van der Waals surface area contributed by atoms with Crippen LogP contribution in [-0.4, -0.2) is 93.9 Å². The molecule has 1 rings (SSSR count). The van der Waals surface area contributed by atoms with Gasteiger partial charge in [-0.3, -0.25) is 23.4 Å². The SMILES string of the molecule is CC/C=C\C/C=C\C/C=C\C/C=C\CCCCCCC(=O)O[C@H](COC(=O)CCC/C=C\C[C@H]1[C@@H](O)CC(=O)[C@@H]1/C=C/[C@@H](O)CCCCC)COP(=O)(O)OC[C@@H](O)CO. The molecule has 0 heterocycles. The van der Waals surface area contributed by atoms with Gasteiger partial charge in [0.05, 0.1) is 32.0 Å². The van der Waals surface area contributed by atoms with E-state index in [4.69, 9.17) is 19.1 Å². The molecule has 0 bridgehead atoms. The van der Waals surface area contributed by atoms with Crippen molar-refractivity contribution in [3.63, 3.8) is 0 Å². The van der Waals surface area contributed by atoms with Crippen LogP contribution in [0.1, 0.15) is 136 Å². The van der Waals surface area contributed by atoms with Gasteiger partial charge >= 0.3 is 19.8 Å². The monoisotopic (exact) mass is 866 g/mol. The van der Waals surface area contributed by atoms with Crippen LogP contribution in [0.3, 0.4) is 0 Å². The number of unbranched alkanes of at least 4 members (excludes halogenated alkanes) is 7. The van der Waals surface area contributed by atoms with E-state index < -0.39 is 76.5 Å². The molecular formula is C46H75O13P. The molecule has 14 heteroatoms. The molecular weight excluding hydrogens is 791 g/mol. The molecule has 0 radical (unpaired) electrons. The maximum absolute atomic E-state index is 12.7. The molecule has 342 valence electrons. The summed E-state index contributed by atoms with van der Waals surface area (Å²) in [4.78, 5) is 47.7. The quantitative estimate of drug-likeness (QED) is 0.0174. The summed E-state index contributed by atoms with van der Waals surface area (Å²) >= 11 is 0. The first-order valence-electron chi connectivity index (χ1n) is 22.0. The molecule has 1 aliphatic carbocycles. The lowest BCUT2D eigenvalue weighted by Crippen LogP contribution is -2.29. The van der Waals surface area contributed by atoms with Gasteiger partial charge in [-0.2, -0.15) is 0 Å². The first-order valence-corrected chi connectivity index (χ1v) is 23.5. The average molecular weight is 867 g/mol. The predicted molar refractivity (Wildman–Crippen MR) is 234 cm³/mol. The minimum Gasteiger partial charge on any atom is -0.462 e. The third kappa shape index (κ3) is 29.3. The fourth-order valence-electron chi connectivity index (χ4n) is 6.26. The van der Waals surface area contributed by atoms with Gasteiger partial charge in [0.25, 0.3) is 0 Å². The molecule has 1 aliphatic rings. The van der Waals surface area contributed by atoms with Crippen LogP contribution in [0, 0.1) is 11.8 Å². The van der Waals surface area contributed by atoms with Crippen LogP contribution in [0.5, 0.6) is 0 Å². The zero-order chi connectivity index (χ0) is 44.3. The lowest BCUT2D eigenvalue weighted by atomic mass is 9.90. The standard InChI is InChI=1S/C46H75O13P/c1-3-5-7-8-9-10-11-12-13-14-15-16-17-18-19-20-26-30-46(53)59-40(37-58-60(54,55)57-35-39(49)34-47)36-56-45(52)29-25-22-21-24-28-41-42(44(51)33-43(41)50)32-31-38(48)27-23-6-4-2/h5,7,9-10,12-13,15-16,21,24,31-32,38-43,47-50H,3-4,6,8,11,14,17-20,22-23,25-30,33-37H2,1-2H3,(H,54,55)/b7-5-,10-9-,13-12-,16-15-,24-21-,32-31+/t38-,39-,40+,41+,42+,43-/m0/s1. The van der Waals surface area contributed by atoms with Gasteiger partial charge in [0.2, 0.25) is 0 Å². The number of carbonyl (C=O) groups excluding carboxylic acids is 3. The van der Waals surface area contributed by atoms with Crippen molar-refractivity contribution in [2.24, 2.45) is 11.8 Å². The van der Waals surface area contributed by atoms with Gasteiger partial charge in [-0.25, -0.2) is 4.57 Å². The third-order valence-corrected chi connectivity index (χ3v) is 10.7. The third-order valence-electron chi connectivity index (χ3n) is 9.72. The number of hydrogen-bond acceptors (Lipinski definition) is 12. The van der Waals surface area contributed by atoms with Crippen molar-refractivity contribution in [3.8, 4) is 0 Å². The van der Waals surface area contributed by atoms with Crippen LogP contribution in [0.15, 0.2) is 72.9 Å². The molecule has 0 aliphatic heterocycles. The number of carbonyl (C=O) groups is 3. The van der Waals surface area contributed by atoms with Crippen molar-refractivity contribution in [1.82, 2.24) is 0 Å². The number of phosphoric ester groups is 1. The zero-order valence-electron chi connectivity index (χ0n) is 36.1. The predicted octanol–water partition coefficient (Wildman–Crippen LogP) is 8.25. The normalized spacial score (nSPS) is 20.1. The van der Waals surface area contributed by atoms with E-state index in [1.807, 2.05) is 12.2 Å². The molecule has 1 fully saturated rings. The van der Waals surface area contributed by atoms with Gasteiger partial charge in [-0.05, 0) is 70.6 Å². The zero-order valence-corrected chi connectivity index (χ0v) is 37.0. The van der Waals surface area contributed by atoms with Gasteiger partial charge in [0.1, 0.15) is 18.5 Å². The second kappa shape index (κ2) is 35.6. The second-order valence-corrected chi connectivity index (χ2v) is 16.6. The number of esters is 2. The summed E-state index contributed by atoms with van der Waals surface area (Å²) in [6.45, 7) is 1.81. The average Bonchev–Trinajstić information content (AvgIpc) is 3.49. The molecule has 60 heavy (non-hydrogen) atoms. The maximum atomic E-state index is 12.7. The largest absolute Gasteiger partial charge is 0.472 e. The Labute approximate surface area is 358 Å². The highest BCUT2D eigenvalue weighted by Crippen LogP contribution is 2.43. The Hall–Kier alpha value is -3.00. The number of aliphatic hydroxyl groups is 4. The molecule has 7 atom stereocenters. The molecule has 5 N–H and O–H groups in total. The number of phosphoric acid groups is 1. The minimum atomic E-state index is -4.70. The lowest BCUT2D eigenvalue weighted by Gasteiger charge is -2.20. The summed E-state index contributed by atoms with van der Waals surface area (Å²) in [7, 11) is -4.70. The van der Waals surface area contributed by atoms with Crippen LogP contribution >= 0.6 is 7.82 Å². The van der Waals surface area contributed by atoms with Gasteiger partial charge in [0, 0.05) is 31.1 Å². The van der Waals surface area contributed by atoms with Crippen molar-refractivity contribution >= 4 is 25.5 Å². The summed E-state index contributed by atoms with van der Waals surface area (Å²) in [5.74, 6) is -1.96. The summed E-state index contributed by atoms with van der Waals surface area (Å²) in [5.41, 5.74) is 0. The highest BCUT2D eigenvalue weighted by molar-refractivity contribution is 7.47. The fraction of sp³-hybridized carbons (Fsp3) is 0.674.